The summed E-state index contributed by atoms with van der Waals surface area (Å²) < 4.78 is 2.38. The van der Waals surface area contributed by atoms with Gasteiger partial charge in [0.25, 0.3) is 5.91 Å². The van der Waals surface area contributed by atoms with Gasteiger partial charge in [-0.05, 0) is 51.0 Å². The molecule has 4 rings (SSSR count). The Balaban J connectivity index is 1.36. The van der Waals surface area contributed by atoms with Gasteiger partial charge in [-0.2, -0.15) is 0 Å². The Morgan fingerprint density at radius 2 is 1.73 bits per heavy atom. The Labute approximate surface area is 183 Å². The van der Waals surface area contributed by atoms with Crippen molar-refractivity contribution in [3.63, 3.8) is 0 Å². The van der Waals surface area contributed by atoms with Gasteiger partial charge in [0.2, 0.25) is 0 Å². The first-order valence-corrected chi connectivity index (χ1v) is 11.3. The molecule has 2 heterocycles. The molecule has 2 aliphatic rings. The highest BCUT2D eigenvalue weighted by Crippen LogP contribution is 2.33. The highest BCUT2D eigenvalue weighted by atomic mass is 35.5. The van der Waals surface area contributed by atoms with E-state index in [-0.39, 0.29) is 11.7 Å². The summed E-state index contributed by atoms with van der Waals surface area (Å²) >= 11 is 6.02. The lowest BCUT2D eigenvalue weighted by Crippen LogP contribution is -2.49. The van der Waals surface area contributed by atoms with E-state index in [1.54, 1.807) is 24.3 Å². The fourth-order valence-corrected chi connectivity index (χ4v) is 5.18. The van der Waals surface area contributed by atoms with E-state index < -0.39 is 0 Å². The van der Waals surface area contributed by atoms with Crippen LogP contribution in [0.15, 0.2) is 30.3 Å². The second-order valence-electron chi connectivity index (χ2n) is 8.59. The molecule has 0 unspecified atom stereocenters. The van der Waals surface area contributed by atoms with Crippen molar-refractivity contribution in [3.05, 3.63) is 57.9 Å². The quantitative estimate of drug-likeness (QED) is 0.659. The molecule has 5 nitrogen and oxygen atoms in total. The first-order chi connectivity index (χ1) is 14.4. The summed E-state index contributed by atoms with van der Waals surface area (Å²) in [6.07, 6.45) is 4.99. The highest BCUT2D eigenvalue weighted by Gasteiger charge is 2.27. The maximum atomic E-state index is 13.0. The van der Waals surface area contributed by atoms with E-state index in [9.17, 15) is 9.59 Å². The Kier molecular flexibility index (Phi) is 6.30. The van der Waals surface area contributed by atoms with Crippen LogP contribution in [0.3, 0.4) is 0 Å². The van der Waals surface area contributed by atoms with Gasteiger partial charge in [0, 0.05) is 59.8 Å². The number of aromatic nitrogens is 1. The van der Waals surface area contributed by atoms with Crippen molar-refractivity contribution in [2.45, 2.75) is 45.6 Å². The first-order valence-electron chi connectivity index (χ1n) is 10.9. The fraction of sp³-hybridized carbons (Fsp3) is 0.500. The summed E-state index contributed by atoms with van der Waals surface area (Å²) in [5.41, 5.74) is 3.78. The van der Waals surface area contributed by atoms with Crippen LogP contribution in [0.2, 0.25) is 5.02 Å². The number of amides is 1. The average Bonchev–Trinajstić information content (AvgIpc) is 3.35. The van der Waals surface area contributed by atoms with Crippen LogP contribution in [0.4, 0.5) is 0 Å². The predicted molar refractivity (Wildman–Crippen MR) is 120 cm³/mol. The number of rotatable bonds is 5. The Hall–Kier alpha value is -2.11. The predicted octanol–water partition coefficient (Wildman–Crippen LogP) is 4.51. The molecule has 1 aromatic carbocycles. The lowest BCUT2D eigenvalue weighted by molar-refractivity contribution is 0.0624. The van der Waals surface area contributed by atoms with Crippen LogP contribution in [-0.2, 0) is 0 Å². The molecule has 2 fully saturated rings. The third kappa shape index (κ3) is 4.33. The van der Waals surface area contributed by atoms with Gasteiger partial charge in [0.05, 0.1) is 6.54 Å². The second-order valence-corrected chi connectivity index (χ2v) is 9.03. The molecule has 1 saturated carbocycles. The van der Waals surface area contributed by atoms with E-state index in [1.807, 2.05) is 4.90 Å². The average molecular weight is 428 g/mol. The molecular formula is C24H30ClN3O2. The van der Waals surface area contributed by atoms with Gasteiger partial charge in [0.15, 0.2) is 5.78 Å². The van der Waals surface area contributed by atoms with E-state index >= 15 is 0 Å². The number of piperazine rings is 1. The van der Waals surface area contributed by atoms with Gasteiger partial charge >= 0.3 is 0 Å². The van der Waals surface area contributed by atoms with Gasteiger partial charge in [-0.25, -0.2) is 0 Å². The Morgan fingerprint density at radius 1 is 1.03 bits per heavy atom. The first kappa shape index (κ1) is 21.1. The summed E-state index contributed by atoms with van der Waals surface area (Å²) in [5, 5.41) is 0.570. The minimum absolute atomic E-state index is 0.00332. The van der Waals surface area contributed by atoms with Gasteiger partial charge in [-0.15, -0.1) is 0 Å². The van der Waals surface area contributed by atoms with Crippen molar-refractivity contribution in [2.24, 2.45) is 0 Å². The lowest BCUT2D eigenvalue weighted by atomic mass is 10.1. The van der Waals surface area contributed by atoms with Gasteiger partial charge < -0.3 is 9.47 Å². The van der Waals surface area contributed by atoms with Crippen LogP contribution >= 0.6 is 11.6 Å². The van der Waals surface area contributed by atoms with Crippen LogP contribution < -0.4 is 0 Å². The Bertz CT molecular complexity index is 938. The second kappa shape index (κ2) is 8.94. The Morgan fingerprint density at radius 3 is 2.40 bits per heavy atom. The number of halogens is 1. The van der Waals surface area contributed by atoms with Crippen LogP contribution in [0.5, 0.6) is 0 Å². The zero-order valence-corrected chi connectivity index (χ0v) is 18.6. The molecule has 0 atom stereocenters. The minimum Gasteiger partial charge on any atom is -0.345 e. The molecule has 0 bridgehead atoms. The van der Waals surface area contributed by atoms with E-state index in [4.69, 9.17) is 11.6 Å². The van der Waals surface area contributed by atoms with Crippen molar-refractivity contribution in [3.8, 4) is 0 Å². The van der Waals surface area contributed by atoms with Crippen molar-refractivity contribution in [2.75, 3.05) is 32.7 Å². The fourth-order valence-electron chi connectivity index (χ4n) is 4.99. The summed E-state index contributed by atoms with van der Waals surface area (Å²) in [6, 6.07) is 9.68. The number of aryl methyl sites for hydroxylation is 1. The highest BCUT2D eigenvalue weighted by molar-refractivity contribution is 6.30. The van der Waals surface area contributed by atoms with Crippen molar-refractivity contribution >= 4 is 23.3 Å². The summed E-state index contributed by atoms with van der Waals surface area (Å²) in [4.78, 5) is 29.7. The van der Waals surface area contributed by atoms with Gasteiger partial charge in [-0.1, -0.05) is 30.5 Å². The SMILES string of the molecule is Cc1cc(C(=O)CN2CCN(C(=O)c3cccc(Cl)c3)CC2)c(C)n1C1CCCC1. The number of carbonyl (C=O) groups excluding carboxylic acids is 2. The summed E-state index contributed by atoms with van der Waals surface area (Å²) in [7, 11) is 0. The zero-order valence-electron chi connectivity index (χ0n) is 17.9. The van der Waals surface area contributed by atoms with Crippen LogP contribution in [0.1, 0.15) is 63.8 Å². The standard InChI is InChI=1S/C24H30ClN3O2/c1-17-14-22(18(2)28(17)21-8-3-4-9-21)23(29)16-26-10-12-27(13-11-26)24(30)19-6-5-7-20(25)15-19/h5-7,14-15,21H,3-4,8-13,16H2,1-2H3. The van der Waals surface area contributed by atoms with Crippen LogP contribution in [0.25, 0.3) is 0 Å². The molecule has 0 N–H and O–H groups in total. The molecule has 0 spiro atoms. The normalized spacial score (nSPS) is 18.2. The number of Topliss-reactive ketones (excluding diaryl/α,β-unsaturated/α-hetero) is 1. The van der Waals surface area contributed by atoms with Crippen molar-refractivity contribution in [1.29, 1.82) is 0 Å². The molecule has 160 valence electrons. The third-order valence-electron chi connectivity index (χ3n) is 6.57. The maximum absolute atomic E-state index is 13.0. The minimum atomic E-state index is 0.00332. The van der Waals surface area contributed by atoms with Crippen molar-refractivity contribution in [1.82, 2.24) is 14.4 Å². The molecular weight excluding hydrogens is 398 g/mol. The largest absolute Gasteiger partial charge is 0.345 e. The molecule has 2 aromatic rings. The molecule has 1 aromatic heterocycles. The smallest absolute Gasteiger partial charge is 0.253 e. The third-order valence-corrected chi connectivity index (χ3v) is 6.81. The number of hydrogen-bond acceptors (Lipinski definition) is 3. The molecule has 6 heteroatoms. The number of nitrogens with zero attached hydrogens (tertiary/aromatic N) is 3. The van der Waals surface area contributed by atoms with E-state index in [1.165, 1.54) is 31.4 Å². The lowest BCUT2D eigenvalue weighted by Gasteiger charge is -2.34. The number of carbonyl (C=O) groups is 2. The van der Waals surface area contributed by atoms with Gasteiger partial charge in [0.1, 0.15) is 0 Å². The van der Waals surface area contributed by atoms with E-state index in [0.29, 0.717) is 49.4 Å². The maximum Gasteiger partial charge on any atom is 0.253 e. The number of ketones is 1. The van der Waals surface area contributed by atoms with Crippen molar-refractivity contribution < 1.29 is 9.59 Å². The van der Waals surface area contributed by atoms with Gasteiger partial charge in [-0.3, -0.25) is 14.5 Å². The van der Waals surface area contributed by atoms with Crippen LogP contribution in [-0.4, -0.2) is 58.8 Å². The molecule has 1 aliphatic heterocycles. The molecule has 30 heavy (non-hydrogen) atoms. The number of hydrogen-bond donors (Lipinski definition) is 0. The molecule has 0 radical (unpaired) electrons. The number of benzene rings is 1. The van der Waals surface area contributed by atoms with Crippen LogP contribution in [0, 0.1) is 13.8 Å². The molecule has 1 aliphatic carbocycles. The topological polar surface area (TPSA) is 45.6 Å². The zero-order chi connectivity index (χ0) is 21.3. The molecule has 1 amide bonds. The van der Waals surface area contributed by atoms with E-state index in [0.717, 1.165) is 11.3 Å². The molecule has 1 saturated heterocycles. The summed E-state index contributed by atoms with van der Waals surface area (Å²) in [5.74, 6) is 0.186. The van der Waals surface area contributed by atoms with E-state index in [2.05, 4.69) is 29.4 Å². The summed E-state index contributed by atoms with van der Waals surface area (Å²) in [6.45, 7) is 7.27. The monoisotopic (exact) mass is 427 g/mol.